The number of aromatic nitrogens is 2. The second kappa shape index (κ2) is 7.78. The van der Waals surface area contributed by atoms with E-state index in [0.717, 1.165) is 12.1 Å². The molecule has 31 heavy (non-hydrogen) atoms. The van der Waals surface area contributed by atoms with Gasteiger partial charge in [0.2, 0.25) is 11.8 Å². The molecule has 1 atom stereocenters. The van der Waals surface area contributed by atoms with Crippen LogP contribution in [0.25, 0.3) is 11.1 Å². The maximum atomic E-state index is 13.3. The molecule has 2 heterocycles. The van der Waals surface area contributed by atoms with E-state index in [1.807, 2.05) is 0 Å². The van der Waals surface area contributed by atoms with Gasteiger partial charge in [-0.2, -0.15) is 18.3 Å². The molecule has 0 saturated heterocycles. The lowest BCUT2D eigenvalue weighted by Gasteiger charge is -2.25. The third-order valence-corrected chi connectivity index (χ3v) is 4.92. The quantitative estimate of drug-likeness (QED) is 0.653. The first kappa shape index (κ1) is 20.5. The first-order valence-electron chi connectivity index (χ1n) is 9.27. The minimum absolute atomic E-state index is 0.264. The summed E-state index contributed by atoms with van der Waals surface area (Å²) in [6, 6.07) is 10.6. The SMILES string of the molecule is COc1ccccc1-c1cnn2c1NC(=O)C[C@@H]2C(=O)Nc1ccccc1C(F)(F)F. The molecule has 4 rings (SSSR count). The topological polar surface area (TPSA) is 85.2 Å². The monoisotopic (exact) mass is 430 g/mol. The van der Waals surface area contributed by atoms with Crippen LogP contribution in [0.5, 0.6) is 5.75 Å². The van der Waals surface area contributed by atoms with E-state index in [1.54, 1.807) is 24.3 Å². The van der Waals surface area contributed by atoms with Gasteiger partial charge in [-0.1, -0.05) is 30.3 Å². The average Bonchev–Trinajstić information content (AvgIpc) is 3.16. The third kappa shape index (κ3) is 3.83. The standard InChI is InChI=1S/C21H17F3N4O3/c1-31-17-9-5-2-6-12(17)13-11-25-28-16(10-18(29)27-19(13)28)20(30)26-15-8-4-3-7-14(15)21(22,23)24/h2-9,11,16H,10H2,1H3,(H,26,30)(H,27,29)/t16-/m1/s1. The summed E-state index contributed by atoms with van der Waals surface area (Å²) in [5.41, 5.74) is -0.183. The molecule has 1 aliphatic rings. The minimum atomic E-state index is -4.64. The molecule has 0 bridgehead atoms. The molecule has 2 N–H and O–H groups in total. The van der Waals surface area contributed by atoms with Crippen molar-refractivity contribution in [3.05, 3.63) is 60.3 Å². The van der Waals surface area contributed by atoms with E-state index in [-0.39, 0.29) is 17.9 Å². The van der Waals surface area contributed by atoms with Crippen molar-refractivity contribution in [2.24, 2.45) is 0 Å². The number of benzene rings is 2. The van der Waals surface area contributed by atoms with Gasteiger partial charge in [0, 0.05) is 11.1 Å². The highest BCUT2D eigenvalue weighted by molar-refractivity contribution is 6.03. The summed E-state index contributed by atoms with van der Waals surface area (Å²) in [5, 5.41) is 9.21. The maximum Gasteiger partial charge on any atom is 0.418 e. The number of amides is 2. The van der Waals surface area contributed by atoms with Crippen molar-refractivity contribution in [2.45, 2.75) is 18.6 Å². The van der Waals surface area contributed by atoms with Crippen molar-refractivity contribution in [3.63, 3.8) is 0 Å². The molecule has 7 nitrogen and oxygen atoms in total. The summed E-state index contributed by atoms with van der Waals surface area (Å²) < 4.78 is 46.4. The van der Waals surface area contributed by atoms with Crippen molar-refractivity contribution in [1.82, 2.24) is 9.78 Å². The van der Waals surface area contributed by atoms with Crippen LogP contribution in [-0.4, -0.2) is 28.7 Å². The number of carbonyl (C=O) groups is 2. The number of nitrogens with zero attached hydrogens (tertiary/aromatic N) is 2. The Kier molecular flexibility index (Phi) is 5.14. The highest BCUT2D eigenvalue weighted by Gasteiger charge is 2.37. The summed E-state index contributed by atoms with van der Waals surface area (Å²) in [6.07, 6.45) is -3.43. The van der Waals surface area contributed by atoms with Crippen LogP contribution in [0.2, 0.25) is 0 Å². The number of fused-ring (bicyclic) bond motifs is 1. The highest BCUT2D eigenvalue weighted by Crippen LogP contribution is 2.39. The smallest absolute Gasteiger partial charge is 0.418 e. The van der Waals surface area contributed by atoms with Crippen LogP contribution in [0.3, 0.4) is 0 Å². The molecular weight excluding hydrogens is 413 g/mol. The van der Waals surface area contributed by atoms with E-state index in [2.05, 4.69) is 15.7 Å². The lowest BCUT2D eigenvalue weighted by Crippen LogP contribution is -2.36. The van der Waals surface area contributed by atoms with Crippen LogP contribution in [0.15, 0.2) is 54.7 Å². The fraction of sp³-hybridized carbons (Fsp3) is 0.190. The number of halogens is 3. The molecule has 3 aromatic rings. The number of para-hydroxylation sites is 2. The number of hydrogen-bond acceptors (Lipinski definition) is 4. The number of anilines is 2. The van der Waals surface area contributed by atoms with Crippen molar-refractivity contribution < 1.29 is 27.5 Å². The molecule has 10 heteroatoms. The van der Waals surface area contributed by atoms with Crippen LogP contribution in [-0.2, 0) is 15.8 Å². The number of hydrogen-bond donors (Lipinski definition) is 2. The maximum absolute atomic E-state index is 13.3. The molecule has 0 aliphatic carbocycles. The van der Waals surface area contributed by atoms with E-state index in [9.17, 15) is 22.8 Å². The summed E-state index contributed by atoms with van der Waals surface area (Å²) >= 11 is 0. The molecule has 0 saturated carbocycles. The Morgan fingerprint density at radius 1 is 1.16 bits per heavy atom. The fourth-order valence-corrected chi connectivity index (χ4v) is 3.49. The van der Waals surface area contributed by atoms with Gasteiger partial charge in [-0.05, 0) is 18.2 Å². The highest BCUT2D eigenvalue weighted by atomic mass is 19.4. The number of nitrogens with one attached hydrogen (secondary N) is 2. The summed E-state index contributed by atoms with van der Waals surface area (Å²) in [4.78, 5) is 25.2. The van der Waals surface area contributed by atoms with Gasteiger partial charge in [-0.25, -0.2) is 4.68 Å². The second-order valence-electron chi connectivity index (χ2n) is 6.85. The Labute approximate surface area is 174 Å². The number of carbonyl (C=O) groups excluding carboxylic acids is 2. The molecule has 1 aliphatic heterocycles. The van der Waals surface area contributed by atoms with Crippen LogP contribution in [0.4, 0.5) is 24.7 Å². The minimum Gasteiger partial charge on any atom is -0.496 e. The molecule has 0 spiro atoms. The Bertz CT molecular complexity index is 1160. The van der Waals surface area contributed by atoms with E-state index >= 15 is 0 Å². The summed E-state index contributed by atoms with van der Waals surface area (Å²) in [6.45, 7) is 0. The van der Waals surface area contributed by atoms with Crippen LogP contribution < -0.4 is 15.4 Å². The fourth-order valence-electron chi connectivity index (χ4n) is 3.49. The van der Waals surface area contributed by atoms with Gasteiger partial charge in [0.05, 0.1) is 31.0 Å². The Hall–Kier alpha value is -3.82. The molecular formula is C21H17F3N4O3. The predicted molar refractivity (Wildman–Crippen MR) is 107 cm³/mol. The van der Waals surface area contributed by atoms with Crippen molar-refractivity contribution >= 4 is 23.3 Å². The first-order chi connectivity index (χ1) is 14.8. The van der Waals surface area contributed by atoms with Gasteiger partial charge in [0.15, 0.2) is 0 Å². The van der Waals surface area contributed by atoms with Gasteiger partial charge < -0.3 is 15.4 Å². The Morgan fingerprint density at radius 3 is 2.61 bits per heavy atom. The van der Waals surface area contributed by atoms with Gasteiger partial charge in [-0.3, -0.25) is 9.59 Å². The van der Waals surface area contributed by atoms with Crippen LogP contribution in [0, 0.1) is 0 Å². The third-order valence-electron chi connectivity index (χ3n) is 4.92. The largest absolute Gasteiger partial charge is 0.496 e. The van der Waals surface area contributed by atoms with Crippen LogP contribution in [0.1, 0.15) is 18.0 Å². The Morgan fingerprint density at radius 2 is 1.87 bits per heavy atom. The zero-order chi connectivity index (χ0) is 22.2. The number of alkyl halides is 3. The predicted octanol–water partition coefficient (Wildman–Crippen LogP) is 4.10. The van der Waals surface area contributed by atoms with Gasteiger partial charge >= 0.3 is 6.18 Å². The van der Waals surface area contributed by atoms with Gasteiger partial charge in [0.25, 0.3) is 0 Å². The first-order valence-corrected chi connectivity index (χ1v) is 9.27. The second-order valence-corrected chi connectivity index (χ2v) is 6.85. The molecule has 0 radical (unpaired) electrons. The average molecular weight is 430 g/mol. The number of methoxy groups -OCH3 is 1. The molecule has 0 unspecified atom stereocenters. The Balaban J connectivity index is 1.70. The molecule has 1 aromatic heterocycles. The van der Waals surface area contributed by atoms with Crippen LogP contribution >= 0.6 is 0 Å². The van der Waals surface area contributed by atoms with E-state index < -0.39 is 29.6 Å². The van der Waals surface area contributed by atoms with Gasteiger partial charge in [-0.15, -0.1) is 0 Å². The number of ether oxygens (including phenoxy) is 1. The van der Waals surface area contributed by atoms with E-state index in [1.165, 1.54) is 30.1 Å². The lowest BCUT2D eigenvalue weighted by atomic mass is 10.1. The van der Waals surface area contributed by atoms with Crippen molar-refractivity contribution in [2.75, 3.05) is 17.7 Å². The molecule has 2 amide bonds. The normalized spacial score (nSPS) is 15.7. The summed E-state index contributed by atoms with van der Waals surface area (Å²) in [7, 11) is 1.50. The molecule has 160 valence electrons. The zero-order valence-corrected chi connectivity index (χ0v) is 16.2. The lowest BCUT2D eigenvalue weighted by molar-refractivity contribution is -0.137. The van der Waals surface area contributed by atoms with Gasteiger partial charge in [0.1, 0.15) is 17.6 Å². The van der Waals surface area contributed by atoms with Crippen molar-refractivity contribution in [3.8, 4) is 16.9 Å². The number of rotatable bonds is 4. The van der Waals surface area contributed by atoms with Crippen molar-refractivity contribution in [1.29, 1.82) is 0 Å². The summed E-state index contributed by atoms with van der Waals surface area (Å²) in [5.74, 6) is -0.417. The van der Waals surface area contributed by atoms with E-state index in [0.29, 0.717) is 16.9 Å². The molecule has 0 fully saturated rings. The zero-order valence-electron chi connectivity index (χ0n) is 16.2. The van der Waals surface area contributed by atoms with E-state index in [4.69, 9.17) is 4.74 Å². The molecule has 2 aromatic carbocycles.